The van der Waals surface area contributed by atoms with Gasteiger partial charge in [-0.25, -0.2) is 0 Å². The van der Waals surface area contributed by atoms with Crippen molar-refractivity contribution in [2.24, 2.45) is 16.3 Å². The lowest BCUT2D eigenvalue weighted by atomic mass is 9.57. The van der Waals surface area contributed by atoms with Gasteiger partial charge in [0.1, 0.15) is 0 Å². The Kier molecular flexibility index (Phi) is 6.31. The molecule has 0 aromatic rings. The van der Waals surface area contributed by atoms with Crippen molar-refractivity contribution in [1.29, 1.82) is 0 Å². The first-order chi connectivity index (χ1) is 12.8. The Morgan fingerprint density at radius 3 is 2.59 bits per heavy atom. The molecule has 3 rings (SSSR count). The number of guanidine groups is 1. The van der Waals surface area contributed by atoms with E-state index in [2.05, 4.69) is 35.9 Å². The Hall–Kier alpha value is -1.34. The van der Waals surface area contributed by atoms with Gasteiger partial charge in [-0.3, -0.25) is 14.7 Å². The second-order valence-corrected chi connectivity index (χ2v) is 8.85. The maximum atomic E-state index is 11.8. The van der Waals surface area contributed by atoms with Gasteiger partial charge in [0.05, 0.1) is 6.10 Å². The number of aliphatic imine (C=N–C) groups is 1. The Labute approximate surface area is 164 Å². The molecule has 0 aromatic carbocycles. The zero-order valence-corrected chi connectivity index (χ0v) is 17.7. The van der Waals surface area contributed by atoms with Crippen LogP contribution >= 0.6 is 0 Å². The average Bonchev–Trinajstić information content (AvgIpc) is 3.10. The predicted molar refractivity (Wildman–Crippen MR) is 108 cm³/mol. The van der Waals surface area contributed by atoms with Gasteiger partial charge in [0.15, 0.2) is 5.96 Å². The first-order valence-corrected chi connectivity index (χ1v) is 10.4. The van der Waals surface area contributed by atoms with E-state index in [9.17, 15) is 4.79 Å². The summed E-state index contributed by atoms with van der Waals surface area (Å²) >= 11 is 0. The van der Waals surface area contributed by atoms with Crippen LogP contribution < -0.4 is 5.32 Å². The fraction of sp³-hybridized carbons (Fsp3) is 0.900. The fourth-order valence-electron chi connectivity index (χ4n) is 4.80. The van der Waals surface area contributed by atoms with Gasteiger partial charge in [-0.15, -0.1) is 0 Å². The maximum absolute atomic E-state index is 11.8. The first-order valence-electron chi connectivity index (χ1n) is 10.4. The number of piperazine rings is 1. The van der Waals surface area contributed by atoms with E-state index in [0.717, 1.165) is 58.3 Å². The molecule has 1 saturated carbocycles. The number of ether oxygens (including phenoxy) is 1. The number of fused-ring (bicyclic) bond motifs is 1. The van der Waals surface area contributed by atoms with E-state index >= 15 is 0 Å². The summed E-state index contributed by atoms with van der Waals surface area (Å²) in [6, 6.07) is 0.436. The third-order valence-corrected chi connectivity index (χ3v) is 6.51. The minimum Gasteiger partial charge on any atom is -0.377 e. The molecule has 7 nitrogen and oxygen atoms in total. The summed E-state index contributed by atoms with van der Waals surface area (Å²) in [4.78, 5) is 23.0. The summed E-state index contributed by atoms with van der Waals surface area (Å²) in [5.41, 5.74) is 0.157. The molecule has 2 heterocycles. The second-order valence-electron chi connectivity index (χ2n) is 8.85. The van der Waals surface area contributed by atoms with E-state index in [1.807, 2.05) is 14.1 Å². The zero-order chi connectivity index (χ0) is 19.6. The van der Waals surface area contributed by atoms with Crippen molar-refractivity contribution in [2.75, 3.05) is 60.0 Å². The number of amides is 1. The van der Waals surface area contributed by atoms with Crippen LogP contribution in [0.4, 0.5) is 0 Å². The SMILES string of the molecule is CCN=C(NC1C2CCOC2C1(C)C)N1CCN(CCC(=O)N(C)C)CC1. The molecular formula is C20H37N5O2. The van der Waals surface area contributed by atoms with Gasteiger partial charge in [0, 0.05) is 83.8 Å². The van der Waals surface area contributed by atoms with Crippen LogP contribution in [0.3, 0.4) is 0 Å². The highest BCUT2D eigenvalue weighted by Crippen LogP contribution is 2.52. The lowest BCUT2D eigenvalue weighted by molar-refractivity contribution is -0.129. The molecule has 1 amide bonds. The van der Waals surface area contributed by atoms with Crippen molar-refractivity contribution in [3.63, 3.8) is 0 Å². The van der Waals surface area contributed by atoms with Gasteiger partial charge >= 0.3 is 0 Å². The molecule has 3 unspecified atom stereocenters. The third-order valence-electron chi connectivity index (χ3n) is 6.51. The molecule has 2 aliphatic heterocycles. The van der Waals surface area contributed by atoms with Crippen LogP contribution in [0.25, 0.3) is 0 Å². The minimum absolute atomic E-state index is 0.157. The van der Waals surface area contributed by atoms with Crippen LogP contribution in [0, 0.1) is 11.3 Å². The van der Waals surface area contributed by atoms with Crippen LogP contribution in [0.1, 0.15) is 33.6 Å². The molecule has 1 aliphatic carbocycles. The summed E-state index contributed by atoms with van der Waals surface area (Å²) in [5, 5.41) is 3.78. The summed E-state index contributed by atoms with van der Waals surface area (Å²) in [5.74, 6) is 1.86. The van der Waals surface area contributed by atoms with Crippen molar-refractivity contribution in [3.05, 3.63) is 0 Å². The number of nitrogens with one attached hydrogen (secondary N) is 1. The topological polar surface area (TPSA) is 60.4 Å². The number of nitrogens with zero attached hydrogens (tertiary/aromatic N) is 4. The number of rotatable bonds is 5. The molecule has 2 saturated heterocycles. The summed E-state index contributed by atoms with van der Waals surface area (Å²) in [6.07, 6.45) is 2.14. The molecule has 7 heteroatoms. The first kappa shape index (κ1) is 20.4. The molecule has 27 heavy (non-hydrogen) atoms. The van der Waals surface area contributed by atoms with Crippen molar-refractivity contribution in [2.45, 2.75) is 45.8 Å². The van der Waals surface area contributed by atoms with Crippen molar-refractivity contribution in [3.8, 4) is 0 Å². The smallest absolute Gasteiger partial charge is 0.223 e. The van der Waals surface area contributed by atoms with E-state index in [1.165, 1.54) is 0 Å². The largest absolute Gasteiger partial charge is 0.377 e. The van der Waals surface area contributed by atoms with Crippen LogP contribution in [-0.4, -0.2) is 98.7 Å². The molecule has 3 aliphatic rings. The van der Waals surface area contributed by atoms with Crippen molar-refractivity contribution < 1.29 is 9.53 Å². The standard InChI is InChI=1S/C20H37N5O2/c1-6-21-19(22-17-15-8-14-27-18(15)20(17,2)3)25-12-10-24(11-13-25)9-7-16(26)23(4)5/h15,17-18H,6-14H2,1-5H3,(H,21,22). The van der Waals surface area contributed by atoms with Crippen LogP contribution in [0.5, 0.6) is 0 Å². The summed E-state index contributed by atoms with van der Waals surface area (Å²) < 4.78 is 5.93. The van der Waals surface area contributed by atoms with E-state index in [4.69, 9.17) is 9.73 Å². The van der Waals surface area contributed by atoms with E-state index in [-0.39, 0.29) is 11.3 Å². The molecule has 3 atom stereocenters. The van der Waals surface area contributed by atoms with Gasteiger partial charge in [0.25, 0.3) is 0 Å². The van der Waals surface area contributed by atoms with Crippen LogP contribution in [0.2, 0.25) is 0 Å². The van der Waals surface area contributed by atoms with Gasteiger partial charge < -0.3 is 19.9 Å². The highest BCUT2D eigenvalue weighted by Gasteiger charge is 2.59. The third kappa shape index (κ3) is 4.24. The predicted octanol–water partition coefficient (Wildman–Crippen LogP) is 0.861. The van der Waals surface area contributed by atoms with Gasteiger partial charge in [-0.1, -0.05) is 13.8 Å². The molecule has 3 fully saturated rings. The van der Waals surface area contributed by atoms with Gasteiger partial charge in [-0.2, -0.15) is 0 Å². The van der Waals surface area contributed by atoms with Gasteiger partial charge in [-0.05, 0) is 13.3 Å². The molecule has 0 radical (unpaired) electrons. The molecule has 154 valence electrons. The molecule has 0 bridgehead atoms. The monoisotopic (exact) mass is 379 g/mol. The highest BCUT2D eigenvalue weighted by molar-refractivity contribution is 5.81. The van der Waals surface area contributed by atoms with Crippen LogP contribution in [-0.2, 0) is 9.53 Å². The average molecular weight is 380 g/mol. The highest BCUT2D eigenvalue weighted by atomic mass is 16.5. The van der Waals surface area contributed by atoms with E-state index < -0.39 is 0 Å². The molecule has 0 spiro atoms. The quantitative estimate of drug-likeness (QED) is 0.567. The number of hydrogen-bond donors (Lipinski definition) is 1. The lowest BCUT2D eigenvalue weighted by Gasteiger charge is -2.55. The summed E-state index contributed by atoms with van der Waals surface area (Å²) in [7, 11) is 3.64. The Balaban J connectivity index is 1.52. The van der Waals surface area contributed by atoms with Crippen molar-refractivity contribution in [1.82, 2.24) is 20.0 Å². The molecular weight excluding hydrogens is 342 g/mol. The normalized spacial score (nSPS) is 30.6. The Bertz CT molecular complexity index is 555. The minimum atomic E-state index is 0.157. The lowest BCUT2D eigenvalue weighted by Crippen LogP contribution is -2.68. The van der Waals surface area contributed by atoms with E-state index in [1.54, 1.807) is 4.90 Å². The Morgan fingerprint density at radius 2 is 1.96 bits per heavy atom. The molecule has 1 N–H and O–H groups in total. The second kappa shape index (κ2) is 8.35. The maximum Gasteiger partial charge on any atom is 0.223 e. The zero-order valence-electron chi connectivity index (χ0n) is 17.7. The van der Waals surface area contributed by atoms with Gasteiger partial charge in [0.2, 0.25) is 5.91 Å². The molecule has 0 aromatic heterocycles. The van der Waals surface area contributed by atoms with Crippen LogP contribution in [0.15, 0.2) is 4.99 Å². The van der Waals surface area contributed by atoms with Crippen molar-refractivity contribution >= 4 is 11.9 Å². The number of hydrogen-bond acceptors (Lipinski definition) is 4. The fourth-order valence-corrected chi connectivity index (χ4v) is 4.80. The number of carbonyl (C=O) groups is 1. The Morgan fingerprint density at radius 1 is 1.26 bits per heavy atom. The van der Waals surface area contributed by atoms with E-state index in [0.29, 0.717) is 24.5 Å². The number of carbonyl (C=O) groups excluding carboxylic acids is 1. The summed E-state index contributed by atoms with van der Waals surface area (Å²) in [6.45, 7) is 13.1.